The lowest BCUT2D eigenvalue weighted by Gasteiger charge is -2.35. The summed E-state index contributed by atoms with van der Waals surface area (Å²) in [5, 5.41) is 13.1. The molecule has 6 heteroatoms. The van der Waals surface area contributed by atoms with E-state index in [1.807, 2.05) is 46.1 Å². The molecule has 1 amide bonds. The zero-order valence-electron chi connectivity index (χ0n) is 14.2. The molecule has 132 valence electrons. The maximum Gasteiger partial charge on any atom is 0.303 e. The van der Waals surface area contributed by atoms with E-state index in [9.17, 15) is 9.59 Å². The second kappa shape index (κ2) is 7.96. The van der Waals surface area contributed by atoms with Gasteiger partial charge in [-0.25, -0.2) is 0 Å². The molecule has 0 bridgehead atoms. The summed E-state index contributed by atoms with van der Waals surface area (Å²) in [7, 11) is 0. The van der Waals surface area contributed by atoms with Crippen LogP contribution in [0.4, 0.5) is 0 Å². The minimum atomic E-state index is -0.805. The number of carbonyl (C=O) groups is 2. The number of benzene rings is 1. The molecule has 0 unspecified atom stereocenters. The van der Waals surface area contributed by atoms with E-state index in [-0.39, 0.29) is 18.4 Å². The Kier molecular flexibility index (Phi) is 5.48. The van der Waals surface area contributed by atoms with Gasteiger partial charge in [0.1, 0.15) is 0 Å². The highest BCUT2D eigenvalue weighted by molar-refractivity contribution is 5.94. The molecular formula is C19H23N3O3. The highest BCUT2D eigenvalue weighted by Gasteiger charge is 2.27. The van der Waals surface area contributed by atoms with Crippen molar-refractivity contribution in [1.82, 2.24) is 14.7 Å². The van der Waals surface area contributed by atoms with Crippen molar-refractivity contribution in [2.75, 3.05) is 6.54 Å². The fraction of sp³-hybridized carbons (Fsp3) is 0.421. The van der Waals surface area contributed by atoms with E-state index in [1.165, 1.54) is 0 Å². The Balaban J connectivity index is 1.66. The van der Waals surface area contributed by atoms with Crippen LogP contribution in [0.1, 0.15) is 48.0 Å². The van der Waals surface area contributed by atoms with Crippen molar-refractivity contribution >= 4 is 11.9 Å². The number of rotatable bonds is 6. The average Bonchev–Trinajstić information content (AvgIpc) is 3.13. The maximum absolute atomic E-state index is 12.8. The van der Waals surface area contributed by atoms with Gasteiger partial charge in [0.2, 0.25) is 0 Å². The monoisotopic (exact) mass is 341 g/mol. The number of likely N-dealkylation sites (tertiary alicyclic amines) is 1. The highest BCUT2D eigenvalue weighted by atomic mass is 16.4. The molecule has 1 aromatic heterocycles. The van der Waals surface area contributed by atoms with Crippen LogP contribution in [0.15, 0.2) is 42.7 Å². The molecule has 0 aliphatic carbocycles. The van der Waals surface area contributed by atoms with Gasteiger partial charge in [-0.05, 0) is 49.4 Å². The molecule has 0 saturated carbocycles. The van der Waals surface area contributed by atoms with E-state index in [2.05, 4.69) is 5.10 Å². The topological polar surface area (TPSA) is 75.4 Å². The number of carbonyl (C=O) groups excluding carboxylic acids is 1. The molecular weight excluding hydrogens is 318 g/mol. The van der Waals surface area contributed by atoms with Crippen LogP contribution >= 0.6 is 0 Å². The molecule has 1 aromatic carbocycles. The van der Waals surface area contributed by atoms with Crippen LogP contribution in [0.2, 0.25) is 0 Å². The second-order valence-electron chi connectivity index (χ2n) is 6.48. The quantitative estimate of drug-likeness (QED) is 0.876. The maximum atomic E-state index is 12.8. The van der Waals surface area contributed by atoms with Gasteiger partial charge in [-0.3, -0.25) is 14.3 Å². The first kappa shape index (κ1) is 17.2. The lowest BCUT2D eigenvalue weighted by Crippen LogP contribution is -2.44. The number of nitrogens with zero attached hydrogens (tertiary/aromatic N) is 3. The fourth-order valence-corrected chi connectivity index (χ4v) is 3.36. The molecule has 2 heterocycles. The van der Waals surface area contributed by atoms with Gasteiger partial charge in [-0.15, -0.1) is 0 Å². The van der Waals surface area contributed by atoms with Crippen LogP contribution < -0.4 is 0 Å². The van der Waals surface area contributed by atoms with Crippen LogP contribution in [0, 0.1) is 0 Å². The molecule has 1 saturated heterocycles. The number of carboxylic acid groups (broad SMARTS) is 1. The van der Waals surface area contributed by atoms with E-state index in [0.717, 1.165) is 24.8 Å². The zero-order chi connectivity index (χ0) is 17.6. The van der Waals surface area contributed by atoms with Gasteiger partial charge in [0.25, 0.3) is 5.91 Å². The van der Waals surface area contributed by atoms with E-state index < -0.39 is 5.97 Å². The van der Waals surface area contributed by atoms with Crippen molar-refractivity contribution in [2.24, 2.45) is 0 Å². The highest BCUT2D eigenvalue weighted by Crippen LogP contribution is 2.23. The molecule has 6 nitrogen and oxygen atoms in total. The van der Waals surface area contributed by atoms with Crippen molar-refractivity contribution in [2.45, 2.75) is 44.7 Å². The van der Waals surface area contributed by atoms with Gasteiger partial charge in [-0.2, -0.15) is 5.10 Å². The predicted molar refractivity (Wildman–Crippen MR) is 93.3 cm³/mol. The van der Waals surface area contributed by atoms with E-state index in [1.54, 1.807) is 6.20 Å². The van der Waals surface area contributed by atoms with Crippen molar-refractivity contribution in [3.63, 3.8) is 0 Å². The third-order valence-corrected chi connectivity index (χ3v) is 4.68. The Morgan fingerprint density at radius 2 is 2.00 bits per heavy atom. The van der Waals surface area contributed by atoms with Gasteiger partial charge in [-0.1, -0.05) is 12.1 Å². The normalized spacial score (nSPS) is 17.4. The van der Waals surface area contributed by atoms with Gasteiger partial charge in [0, 0.05) is 37.0 Å². The molecule has 1 fully saturated rings. The van der Waals surface area contributed by atoms with E-state index in [4.69, 9.17) is 5.11 Å². The van der Waals surface area contributed by atoms with E-state index >= 15 is 0 Å². The summed E-state index contributed by atoms with van der Waals surface area (Å²) in [6.45, 7) is 1.38. The summed E-state index contributed by atoms with van der Waals surface area (Å²) >= 11 is 0. The third-order valence-electron chi connectivity index (χ3n) is 4.68. The minimum Gasteiger partial charge on any atom is -0.481 e. The Morgan fingerprint density at radius 1 is 1.20 bits per heavy atom. The standard InChI is InChI=1S/C19H23N3O3/c23-18(24)10-9-17-4-1-2-13-22(17)19(25)16-7-5-15(6-8-16)14-21-12-3-11-20-21/h3,5-8,11-12,17H,1-2,4,9-10,13-14H2,(H,23,24)/t17-/m0/s1. The Bertz CT molecular complexity index is 710. The molecule has 1 atom stereocenters. The van der Waals surface area contributed by atoms with Crippen LogP contribution in [-0.2, 0) is 11.3 Å². The summed E-state index contributed by atoms with van der Waals surface area (Å²) in [6.07, 6.45) is 7.20. The summed E-state index contributed by atoms with van der Waals surface area (Å²) in [4.78, 5) is 25.5. The van der Waals surface area contributed by atoms with E-state index in [0.29, 0.717) is 25.1 Å². The smallest absolute Gasteiger partial charge is 0.303 e. The zero-order valence-corrected chi connectivity index (χ0v) is 14.2. The predicted octanol–water partition coefficient (Wildman–Crippen LogP) is 2.79. The van der Waals surface area contributed by atoms with Crippen LogP contribution in [0.3, 0.4) is 0 Å². The molecule has 1 aliphatic heterocycles. The van der Waals surface area contributed by atoms with Gasteiger partial charge in [0.15, 0.2) is 0 Å². The summed E-state index contributed by atoms with van der Waals surface area (Å²) in [5.74, 6) is -0.804. The van der Waals surface area contributed by atoms with Crippen molar-refractivity contribution < 1.29 is 14.7 Å². The van der Waals surface area contributed by atoms with Crippen LogP contribution in [0.5, 0.6) is 0 Å². The SMILES string of the molecule is O=C(O)CC[C@@H]1CCCCN1C(=O)c1ccc(Cn2cccn2)cc1. The molecule has 2 aromatic rings. The van der Waals surface area contributed by atoms with Crippen LogP contribution in [0.25, 0.3) is 0 Å². The van der Waals surface area contributed by atoms with Gasteiger partial charge < -0.3 is 10.0 Å². The lowest BCUT2D eigenvalue weighted by molar-refractivity contribution is -0.137. The number of aromatic nitrogens is 2. The summed E-state index contributed by atoms with van der Waals surface area (Å²) in [6, 6.07) is 9.51. The lowest BCUT2D eigenvalue weighted by atomic mass is 9.96. The summed E-state index contributed by atoms with van der Waals surface area (Å²) in [5.41, 5.74) is 1.74. The third kappa shape index (κ3) is 4.47. The number of carboxylic acids is 1. The second-order valence-corrected chi connectivity index (χ2v) is 6.48. The molecule has 1 N–H and O–H groups in total. The van der Waals surface area contributed by atoms with Gasteiger partial charge in [0.05, 0.1) is 6.54 Å². The van der Waals surface area contributed by atoms with Crippen molar-refractivity contribution in [3.05, 3.63) is 53.9 Å². The van der Waals surface area contributed by atoms with Crippen molar-refractivity contribution in [1.29, 1.82) is 0 Å². The Morgan fingerprint density at radius 3 is 2.68 bits per heavy atom. The Labute approximate surface area is 147 Å². The number of piperidine rings is 1. The molecule has 25 heavy (non-hydrogen) atoms. The first-order chi connectivity index (χ1) is 12.1. The van der Waals surface area contributed by atoms with Crippen LogP contribution in [-0.4, -0.2) is 44.3 Å². The largest absolute Gasteiger partial charge is 0.481 e. The number of hydrogen-bond donors (Lipinski definition) is 1. The minimum absolute atomic E-state index is 0.000674. The van der Waals surface area contributed by atoms with Gasteiger partial charge >= 0.3 is 5.97 Å². The van der Waals surface area contributed by atoms with Crippen molar-refractivity contribution in [3.8, 4) is 0 Å². The fourth-order valence-electron chi connectivity index (χ4n) is 3.36. The first-order valence-corrected chi connectivity index (χ1v) is 8.72. The Hall–Kier alpha value is -2.63. The summed E-state index contributed by atoms with van der Waals surface area (Å²) < 4.78 is 1.84. The molecule has 0 spiro atoms. The molecule has 0 radical (unpaired) electrons. The molecule has 1 aliphatic rings. The number of hydrogen-bond acceptors (Lipinski definition) is 3. The average molecular weight is 341 g/mol. The first-order valence-electron chi connectivity index (χ1n) is 8.72. The molecule has 3 rings (SSSR count). The number of aliphatic carboxylic acids is 1. The number of amides is 1.